The van der Waals surface area contributed by atoms with Gasteiger partial charge in [-0.1, -0.05) is 50.2 Å². The molecule has 12 heteroatoms. The Kier molecular flexibility index (Phi) is 10.0. The summed E-state index contributed by atoms with van der Waals surface area (Å²) in [6.45, 7) is 4.71. The quantitative estimate of drug-likeness (QED) is 0.252. The van der Waals surface area contributed by atoms with E-state index in [0.717, 1.165) is 6.92 Å². The molecule has 1 aliphatic heterocycles. The average molecular weight is 580 g/mol. The number of carbonyl (C=O) groups is 3. The van der Waals surface area contributed by atoms with Crippen LogP contribution in [0.3, 0.4) is 0 Å². The number of aromatic hydroxyl groups is 1. The Morgan fingerprint density at radius 3 is 2.39 bits per heavy atom. The Balaban J connectivity index is 1.99. The second-order valence-corrected chi connectivity index (χ2v) is 10.9. The van der Waals surface area contributed by atoms with Gasteiger partial charge >= 0.3 is 12.1 Å². The number of benzene rings is 2. The van der Waals surface area contributed by atoms with Crippen LogP contribution in [0.5, 0.6) is 5.75 Å². The average Bonchev–Trinajstić information content (AvgIpc) is 3.21. The van der Waals surface area contributed by atoms with Crippen molar-refractivity contribution in [1.82, 2.24) is 15.5 Å². The first-order valence-electron chi connectivity index (χ1n) is 13.2. The van der Waals surface area contributed by atoms with Crippen molar-refractivity contribution in [3.8, 4) is 5.75 Å². The van der Waals surface area contributed by atoms with Crippen molar-refractivity contribution in [1.29, 1.82) is 0 Å². The third-order valence-electron chi connectivity index (χ3n) is 7.29. The molecule has 2 aromatic rings. The van der Waals surface area contributed by atoms with Gasteiger partial charge in [0.2, 0.25) is 6.10 Å². The lowest BCUT2D eigenvalue weighted by Gasteiger charge is -2.39. The SMILES string of the molecule is CC(=O)OC(C(=O)N1CCC(C)(C)C1C(O)NCC(F)(F)F)C(Cc1ccccc1)NC(=O)c1cccc(O)c1C. The van der Waals surface area contributed by atoms with Crippen LogP contribution in [0.2, 0.25) is 0 Å². The van der Waals surface area contributed by atoms with Crippen LogP contribution in [0.4, 0.5) is 13.2 Å². The Hall–Kier alpha value is -3.64. The molecule has 4 atom stereocenters. The second-order valence-electron chi connectivity index (χ2n) is 10.9. The number of carbonyl (C=O) groups excluding carboxylic acids is 3. The summed E-state index contributed by atoms with van der Waals surface area (Å²) in [4.78, 5) is 40.8. The van der Waals surface area contributed by atoms with Gasteiger partial charge in [0.05, 0.1) is 18.6 Å². The van der Waals surface area contributed by atoms with Gasteiger partial charge in [-0.15, -0.1) is 0 Å². The van der Waals surface area contributed by atoms with Gasteiger partial charge in [-0.25, -0.2) is 0 Å². The largest absolute Gasteiger partial charge is 0.508 e. The molecule has 1 aliphatic rings. The molecule has 41 heavy (non-hydrogen) atoms. The molecule has 0 spiro atoms. The highest BCUT2D eigenvalue weighted by Gasteiger charge is 2.50. The fourth-order valence-corrected chi connectivity index (χ4v) is 5.16. The number of halogens is 3. The zero-order valence-electron chi connectivity index (χ0n) is 23.4. The van der Waals surface area contributed by atoms with Gasteiger partial charge in [0.1, 0.15) is 12.0 Å². The number of nitrogens with zero attached hydrogens (tertiary/aromatic N) is 1. The van der Waals surface area contributed by atoms with E-state index in [-0.39, 0.29) is 24.3 Å². The standard InChI is InChI=1S/C29H36F3N3O6/c1-17-20(11-8-12-22(17)37)25(38)34-21(15-19-9-6-5-7-10-19)23(41-18(2)36)27(40)35-14-13-28(3,4)24(35)26(39)33-16-29(30,31)32/h5-12,21,23-24,26,33,37,39H,13-16H2,1-4H3,(H,34,38). The molecule has 4 unspecified atom stereocenters. The molecule has 1 fully saturated rings. The number of aliphatic hydroxyl groups excluding tert-OH is 1. The number of esters is 1. The van der Waals surface area contributed by atoms with Crippen LogP contribution in [0, 0.1) is 12.3 Å². The lowest BCUT2D eigenvalue weighted by atomic mass is 9.83. The molecular weight excluding hydrogens is 543 g/mol. The Morgan fingerprint density at radius 2 is 1.78 bits per heavy atom. The van der Waals surface area contributed by atoms with Gasteiger partial charge in [0, 0.05) is 24.6 Å². The molecule has 1 saturated heterocycles. The van der Waals surface area contributed by atoms with E-state index in [4.69, 9.17) is 4.74 Å². The summed E-state index contributed by atoms with van der Waals surface area (Å²) >= 11 is 0. The summed E-state index contributed by atoms with van der Waals surface area (Å²) in [5.74, 6) is -2.31. The highest BCUT2D eigenvalue weighted by molar-refractivity contribution is 5.97. The van der Waals surface area contributed by atoms with E-state index >= 15 is 0 Å². The van der Waals surface area contributed by atoms with E-state index in [2.05, 4.69) is 10.6 Å². The number of alkyl halides is 3. The van der Waals surface area contributed by atoms with Crippen LogP contribution in [-0.2, 0) is 20.7 Å². The first kappa shape index (κ1) is 31.9. The van der Waals surface area contributed by atoms with Gasteiger partial charge in [0.15, 0.2) is 0 Å². The number of amides is 2. The Bertz CT molecular complexity index is 1240. The summed E-state index contributed by atoms with van der Waals surface area (Å²) in [5.41, 5.74) is 0.370. The molecule has 1 heterocycles. The number of aliphatic hydroxyl groups is 1. The fourth-order valence-electron chi connectivity index (χ4n) is 5.16. The third kappa shape index (κ3) is 8.20. The van der Waals surface area contributed by atoms with E-state index in [0.29, 0.717) is 17.5 Å². The molecule has 9 nitrogen and oxygen atoms in total. The normalized spacial score (nSPS) is 18.8. The maximum Gasteiger partial charge on any atom is 0.401 e. The van der Waals surface area contributed by atoms with Crippen molar-refractivity contribution in [3.63, 3.8) is 0 Å². The molecule has 4 N–H and O–H groups in total. The van der Waals surface area contributed by atoms with Gasteiger partial charge in [-0.3, -0.25) is 19.7 Å². The van der Waals surface area contributed by atoms with E-state index in [1.807, 2.05) is 0 Å². The van der Waals surface area contributed by atoms with Crippen LogP contribution in [0.25, 0.3) is 0 Å². The van der Waals surface area contributed by atoms with Crippen molar-refractivity contribution in [3.05, 3.63) is 65.2 Å². The number of hydrogen-bond acceptors (Lipinski definition) is 7. The van der Waals surface area contributed by atoms with E-state index in [1.54, 1.807) is 51.1 Å². The molecule has 3 rings (SSSR count). The molecule has 2 amide bonds. The number of nitrogens with one attached hydrogen (secondary N) is 2. The Morgan fingerprint density at radius 1 is 1.12 bits per heavy atom. The first-order valence-corrected chi connectivity index (χ1v) is 13.2. The first-order chi connectivity index (χ1) is 19.1. The van der Waals surface area contributed by atoms with E-state index < -0.39 is 60.3 Å². The highest BCUT2D eigenvalue weighted by Crippen LogP contribution is 2.38. The van der Waals surface area contributed by atoms with Crippen molar-refractivity contribution in [2.45, 2.75) is 71.1 Å². The summed E-state index contributed by atoms with van der Waals surface area (Å²) in [6.07, 6.45) is -7.47. The van der Waals surface area contributed by atoms with Gasteiger partial charge in [-0.05, 0) is 42.9 Å². The smallest absolute Gasteiger partial charge is 0.401 e. The number of ether oxygens (including phenoxy) is 1. The lowest BCUT2D eigenvalue weighted by molar-refractivity contribution is -0.164. The molecule has 2 aromatic carbocycles. The predicted octanol–water partition coefficient (Wildman–Crippen LogP) is 3.07. The third-order valence-corrected chi connectivity index (χ3v) is 7.29. The summed E-state index contributed by atoms with van der Waals surface area (Å²) in [5, 5.41) is 25.7. The topological polar surface area (TPSA) is 128 Å². The number of phenolic OH excluding ortho intramolecular Hbond substituents is 1. The molecular formula is C29H36F3N3O6. The lowest BCUT2D eigenvalue weighted by Crippen LogP contribution is -2.60. The minimum atomic E-state index is -4.59. The van der Waals surface area contributed by atoms with Gasteiger partial charge in [0.25, 0.3) is 11.8 Å². The van der Waals surface area contributed by atoms with E-state index in [1.165, 1.54) is 23.1 Å². The van der Waals surface area contributed by atoms with Crippen LogP contribution in [0.15, 0.2) is 48.5 Å². The van der Waals surface area contributed by atoms with Gasteiger partial charge in [-0.2, -0.15) is 13.2 Å². The number of hydrogen-bond donors (Lipinski definition) is 4. The van der Waals surface area contributed by atoms with Crippen molar-refractivity contribution in [2.75, 3.05) is 13.1 Å². The number of likely N-dealkylation sites (tertiary alicyclic amines) is 1. The monoisotopic (exact) mass is 579 g/mol. The summed E-state index contributed by atoms with van der Waals surface area (Å²) in [6, 6.07) is 11.1. The minimum absolute atomic E-state index is 0.0604. The van der Waals surface area contributed by atoms with Gasteiger partial charge < -0.3 is 25.2 Å². The maximum absolute atomic E-state index is 14.1. The van der Waals surface area contributed by atoms with E-state index in [9.17, 15) is 37.8 Å². The van der Waals surface area contributed by atoms with Crippen LogP contribution >= 0.6 is 0 Å². The molecule has 224 valence electrons. The highest BCUT2D eigenvalue weighted by atomic mass is 19.4. The minimum Gasteiger partial charge on any atom is -0.508 e. The second kappa shape index (κ2) is 12.9. The molecule has 0 aliphatic carbocycles. The molecule has 0 bridgehead atoms. The molecule has 0 saturated carbocycles. The zero-order chi connectivity index (χ0) is 30.5. The van der Waals surface area contributed by atoms with Crippen LogP contribution in [0.1, 0.15) is 48.7 Å². The summed E-state index contributed by atoms with van der Waals surface area (Å²) in [7, 11) is 0. The van der Waals surface area contributed by atoms with Crippen molar-refractivity contribution in [2.24, 2.45) is 5.41 Å². The number of rotatable bonds is 10. The molecule has 0 aromatic heterocycles. The van der Waals surface area contributed by atoms with Crippen LogP contribution < -0.4 is 10.6 Å². The number of phenols is 1. The zero-order valence-corrected chi connectivity index (χ0v) is 23.4. The van der Waals surface area contributed by atoms with Crippen LogP contribution in [-0.4, -0.2) is 76.6 Å². The fraction of sp³-hybridized carbons (Fsp3) is 0.483. The maximum atomic E-state index is 14.1. The van der Waals surface area contributed by atoms with Crippen molar-refractivity contribution < 1.29 is 42.5 Å². The Labute approximate surface area is 236 Å². The molecule has 0 radical (unpaired) electrons. The van der Waals surface area contributed by atoms with Crippen molar-refractivity contribution >= 4 is 17.8 Å². The predicted molar refractivity (Wildman–Crippen MR) is 144 cm³/mol. The summed E-state index contributed by atoms with van der Waals surface area (Å²) < 4.78 is 44.1.